The molecule has 3 N–H and O–H groups in total. The van der Waals surface area contributed by atoms with Gasteiger partial charge in [-0.25, -0.2) is 0 Å². The van der Waals surface area contributed by atoms with Crippen LogP contribution in [0.5, 0.6) is 5.75 Å². The van der Waals surface area contributed by atoms with E-state index in [0.29, 0.717) is 12.5 Å². The Morgan fingerprint density at radius 3 is 3.06 bits per heavy atom. The van der Waals surface area contributed by atoms with Gasteiger partial charge in [-0.3, -0.25) is 0 Å². The minimum absolute atomic E-state index is 0.246. The van der Waals surface area contributed by atoms with Gasteiger partial charge in [-0.1, -0.05) is 12.1 Å². The van der Waals surface area contributed by atoms with Crippen molar-refractivity contribution >= 4 is 0 Å². The molecule has 1 aliphatic heterocycles. The second-order valence-corrected chi connectivity index (χ2v) is 4.74. The van der Waals surface area contributed by atoms with E-state index in [-0.39, 0.29) is 5.75 Å². The lowest BCUT2D eigenvalue weighted by molar-refractivity contribution is 0.375. The number of hydrogen-bond donors (Lipinski definition) is 2. The van der Waals surface area contributed by atoms with Crippen molar-refractivity contribution in [3.05, 3.63) is 30.1 Å². The topological polar surface area (TPSA) is 77.0 Å². The van der Waals surface area contributed by atoms with Crippen molar-refractivity contribution in [3.63, 3.8) is 0 Å². The van der Waals surface area contributed by atoms with Gasteiger partial charge in [0.1, 0.15) is 11.6 Å². The van der Waals surface area contributed by atoms with Crippen molar-refractivity contribution in [1.29, 1.82) is 0 Å². The summed E-state index contributed by atoms with van der Waals surface area (Å²) in [5.74, 6) is 2.57. The summed E-state index contributed by atoms with van der Waals surface area (Å²) in [5.41, 5.74) is 6.64. The maximum atomic E-state index is 9.54. The van der Waals surface area contributed by atoms with Gasteiger partial charge in [-0.2, -0.15) is 0 Å². The number of nitrogens with zero attached hydrogens (tertiary/aromatic N) is 3. The fourth-order valence-corrected chi connectivity index (χ4v) is 2.45. The smallest absolute Gasteiger partial charge is 0.164 e. The summed E-state index contributed by atoms with van der Waals surface area (Å²) < 4.78 is 2.12. The van der Waals surface area contributed by atoms with E-state index < -0.39 is 0 Å². The maximum Gasteiger partial charge on any atom is 0.164 e. The minimum Gasteiger partial charge on any atom is -0.508 e. The zero-order valence-corrected chi connectivity index (χ0v) is 10.1. The minimum atomic E-state index is 0.246. The van der Waals surface area contributed by atoms with Gasteiger partial charge in [-0.05, 0) is 31.0 Å². The predicted molar refractivity (Wildman–Crippen MR) is 68.0 cm³/mol. The van der Waals surface area contributed by atoms with Crippen LogP contribution < -0.4 is 5.73 Å². The van der Waals surface area contributed by atoms with E-state index >= 15 is 0 Å². The van der Waals surface area contributed by atoms with E-state index in [9.17, 15) is 5.11 Å². The highest BCUT2D eigenvalue weighted by Gasteiger charge is 2.22. The Morgan fingerprint density at radius 1 is 1.39 bits per heavy atom. The normalized spacial score (nSPS) is 18.6. The monoisotopic (exact) mass is 244 g/mol. The molecule has 0 fully saturated rings. The molecular weight excluding hydrogens is 228 g/mol. The van der Waals surface area contributed by atoms with Gasteiger partial charge < -0.3 is 15.4 Å². The molecule has 1 aromatic heterocycles. The summed E-state index contributed by atoms with van der Waals surface area (Å²) >= 11 is 0. The number of nitrogens with two attached hydrogens (primary N) is 1. The molecule has 2 heterocycles. The summed E-state index contributed by atoms with van der Waals surface area (Å²) in [6.45, 7) is 1.56. The van der Waals surface area contributed by atoms with Crippen molar-refractivity contribution in [3.8, 4) is 17.1 Å². The highest BCUT2D eigenvalue weighted by Crippen LogP contribution is 2.26. The molecule has 0 saturated heterocycles. The first kappa shape index (κ1) is 11.2. The molecule has 0 spiro atoms. The molecular formula is C13H16N4O. The zero-order chi connectivity index (χ0) is 12.5. The molecule has 1 aromatic carbocycles. The second-order valence-electron chi connectivity index (χ2n) is 4.74. The molecule has 3 rings (SSSR count). The third-order valence-electron chi connectivity index (χ3n) is 3.48. The molecule has 5 nitrogen and oxygen atoms in total. The Balaban J connectivity index is 2.02. The first-order valence-electron chi connectivity index (χ1n) is 6.19. The second kappa shape index (κ2) is 4.42. The molecule has 5 heteroatoms. The van der Waals surface area contributed by atoms with Crippen LogP contribution in [0, 0.1) is 5.92 Å². The fraction of sp³-hybridized carbons (Fsp3) is 0.385. The quantitative estimate of drug-likeness (QED) is 0.831. The Hall–Kier alpha value is -1.88. The average Bonchev–Trinajstić information content (AvgIpc) is 2.81. The summed E-state index contributed by atoms with van der Waals surface area (Å²) in [6, 6.07) is 7.11. The van der Waals surface area contributed by atoms with E-state index in [1.807, 2.05) is 12.1 Å². The van der Waals surface area contributed by atoms with Gasteiger partial charge in [0, 0.05) is 18.5 Å². The highest BCUT2D eigenvalue weighted by atomic mass is 16.3. The van der Waals surface area contributed by atoms with Crippen molar-refractivity contribution in [2.24, 2.45) is 11.7 Å². The molecule has 2 aromatic rings. The lowest BCUT2D eigenvalue weighted by atomic mass is 9.99. The van der Waals surface area contributed by atoms with E-state index in [1.54, 1.807) is 12.1 Å². The molecule has 94 valence electrons. The van der Waals surface area contributed by atoms with Crippen molar-refractivity contribution in [1.82, 2.24) is 14.8 Å². The van der Waals surface area contributed by atoms with Crippen LogP contribution in [0.15, 0.2) is 24.3 Å². The molecule has 18 heavy (non-hydrogen) atoms. The molecule has 1 aliphatic rings. The maximum absolute atomic E-state index is 9.54. The molecule has 0 amide bonds. The third-order valence-corrected chi connectivity index (χ3v) is 3.48. The zero-order valence-electron chi connectivity index (χ0n) is 10.1. The van der Waals surface area contributed by atoms with E-state index in [0.717, 1.165) is 36.6 Å². The summed E-state index contributed by atoms with van der Waals surface area (Å²) in [6.07, 6.45) is 2.00. The van der Waals surface area contributed by atoms with Crippen LogP contribution in [-0.4, -0.2) is 26.4 Å². The fourth-order valence-electron chi connectivity index (χ4n) is 2.45. The summed E-state index contributed by atoms with van der Waals surface area (Å²) in [5, 5.41) is 18.0. The molecule has 0 aliphatic carbocycles. The van der Waals surface area contributed by atoms with Crippen LogP contribution in [0.1, 0.15) is 12.2 Å². The number of aryl methyl sites for hydroxylation is 1. The van der Waals surface area contributed by atoms with E-state index in [1.165, 1.54) is 0 Å². The van der Waals surface area contributed by atoms with Gasteiger partial charge in [0.05, 0.1) is 0 Å². The van der Waals surface area contributed by atoms with Crippen LogP contribution in [0.25, 0.3) is 11.4 Å². The largest absolute Gasteiger partial charge is 0.508 e. The number of phenolic OH excluding ortho intramolecular Hbond substituents is 1. The van der Waals surface area contributed by atoms with Crippen molar-refractivity contribution in [2.45, 2.75) is 19.4 Å². The Kier molecular flexibility index (Phi) is 2.76. The van der Waals surface area contributed by atoms with E-state index in [2.05, 4.69) is 14.8 Å². The molecule has 0 radical (unpaired) electrons. The summed E-state index contributed by atoms with van der Waals surface area (Å²) in [4.78, 5) is 0. The lowest BCUT2D eigenvalue weighted by Crippen LogP contribution is -2.26. The molecule has 0 saturated carbocycles. The third kappa shape index (κ3) is 1.86. The number of fused-ring (bicyclic) bond motifs is 1. The Bertz CT molecular complexity index is 564. The SMILES string of the molecule is NCC1CCc2nnc(-c3cccc(O)c3)n2C1. The predicted octanol–water partition coefficient (Wildman–Crippen LogP) is 1.17. The summed E-state index contributed by atoms with van der Waals surface area (Å²) in [7, 11) is 0. The number of hydrogen-bond acceptors (Lipinski definition) is 4. The van der Waals surface area contributed by atoms with Gasteiger partial charge in [0.15, 0.2) is 5.82 Å². The molecule has 1 unspecified atom stereocenters. The first-order chi connectivity index (χ1) is 8.78. The number of aromatic nitrogens is 3. The standard InChI is InChI=1S/C13H16N4O/c14-7-9-4-5-12-15-16-13(17(12)8-9)10-2-1-3-11(18)6-10/h1-3,6,9,18H,4-5,7-8,14H2. The molecule has 0 bridgehead atoms. The van der Waals surface area contributed by atoms with Crippen LogP contribution >= 0.6 is 0 Å². The van der Waals surface area contributed by atoms with Crippen molar-refractivity contribution in [2.75, 3.05) is 6.54 Å². The van der Waals surface area contributed by atoms with Crippen LogP contribution in [0.2, 0.25) is 0 Å². The Morgan fingerprint density at radius 2 is 2.28 bits per heavy atom. The number of benzene rings is 1. The Labute approximate surface area is 105 Å². The van der Waals surface area contributed by atoms with Gasteiger partial charge in [0.2, 0.25) is 0 Å². The molecule has 1 atom stereocenters. The van der Waals surface area contributed by atoms with Gasteiger partial charge in [-0.15, -0.1) is 10.2 Å². The highest BCUT2D eigenvalue weighted by molar-refractivity contribution is 5.57. The van der Waals surface area contributed by atoms with Gasteiger partial charge >= 0.3 is 0 Å². The van der Waals surface area contributed by atoms with E-state index in [4.69, 9.17) is 5.73 Å². The number of rotatable bonds is 2. The first-order valence-corrected chi connectivity index (χ1v) is 6.19. The van der Waals surface area contributed by atoms with Crippen molar-refractivity contribution < 1.29 is 5.11 Å². The number of aromatic hydroxyl groups is 1. The lowest BCUT2D eigenvalue weighted by Gasteiger charge is -2.22. The van der Waals surface area contributed by atoms with Crippen LogP contribution in [0.3, 0.4) is 0 Å². The van der Waals surface area contributed by atoms with Crippen LogP contribution in [0.4, 0.5) is 0 Å². The number of phenols is 1. The average molecular weight is 244 g/mol. The van der Waals surface area contributed by atoms with Crippen LogP contribution in [-0.2, 0) is 13.0 Å². The van der Waals surface area contributed by atoms with Gasteiger partial charge in [0.25, 0.3) is 0 Å².